The van der Waals surface area contributed by atoms with Gasteiger partial charge in [-0.15, -0.1) is 10.2 Å². The molecular formula is C26H29N7O6S. The highest BCUT2D eigenvalue weighted by Gasteiger charge is 2.36. The van der Waals surface area contributed by atoms with E-state index in [1.54, 1.807) is 38.4 Å². The van der Waals surface area contributed by atoms with Crippen molar-refractivity contribution >= 4 is 27.6 Å². The molecule has 14 heteroatoms. The number of methoxy groups -OCH3 is 2. The Morgan fingerprint density at radius 3 is 2.45 bits per heavy atom. The van der Waals surface area contributed by atoms with Gasteiger partial charge in [0.1, 0.15) is 28.5 Å². The molecule has 13 nitrogen and oxygen atoms in total. The van der Waals surface area contributed by atoms with Crippen LogP contribution in [0, 0.1) is 6.92 Å². The van der Waals surface area contributed by atoms with Gasteiger partial charge in [-0.3, -0.25) is 9.29 Å². The van der Waals surface area contributed by atoms with E-state index in [1.807, 2.05) is 6.92 Å². The van der Waals surface area contributed by atoms with Gasteiger partial charge in [0, 0.05) is 12.4 Å². The number of phenolic OH excluding ortho intramolecular Hbond substituents is 1. The van der Waals surface area contributed by atoms with Gasteiger partial charge in [0.05, 0.1) is 26.4 Å². The monoisotopic (exact) mass is 567 g/mol. The standard InChI is InChI=1S/C26H29N7O6S/c1-15(2)39-23(24-27-13-16(3)14-28-24)17(4)40(35,36)32-26-31-30-25(18-9-7-12-21(29-18)38-6)33(26)22-19(34)10-8-11-20(22)37-5/h8,10-15,17,23,34H,1-6H3,(H,31,32)/t17-,23-/m1/s1. The van der Waals surface area contributed by atoms with Crippen LogP contribution >= 0.6 is 0 Å². The Morgan fingerprint density at radius 1 is 1.07 bits per heavy atom. The maximum Gasteiger partial charge on any atom is 0.243 e. The molecule has 3 heterocycles. The average molecular weight is 568 g/mol. The van der Waals surface area contributed by atoms with Gasteiger partial charge < -0.3 is 19.3 Å². The quantitative estimate of drug-likeness (QED) is 0.348. The van der Waals surface area contributed by atoms with Crippen molar-refractivity contribution in [2.24, 2.45) is 4.99 Å². The van der Waals surface area contributed by atoms with Crippen LogP contribution in [-0.4, -0.2) is 69.7 Å². The van der Waals surface area contributed by atoms with E-state index >= 15 is 0 Å². The summed E-state index contributed by atoms with van der Waals surface area (Å²) in [5, 5.41) is 17.9. The second-order valence-corrected chi connectivity index (χ2v) is 11.0. The lowest BCUT2D eigenvalue weighted by molar-refractivity contribution is 0.00152. The summed E-state index contributed by atoms with van der Waals surface area (Å²) in [5.74, 6) is 0.220. The van der Waals surface area contributed by atoms with E-state index in [1.165, 1.54) is 37.9 Å². The number of aliphatic imine (C=N–C) groups is 1. The molecule has 210 valence electrons. The summed E-state index contributed by atoms with van der Waals surface area (Å²) in [6, 6.07) is 4.58. The first-order valence-corrected chi connectivity index (χ1v) is 13.7. The Hall–Kier alpha value is -4.48. The predicted molar refractivity (Wildman–Crippen MR) is 147 cm³/mol. The molecular weight excluding hydrogens is 538 g/mol. The van der Waals surface area contributed by atoms with Gasteiger partial charge in [-0.1, -0.05) is 11.8 Å². The number of anilines is 1. The summed E-state index contributed by atoms with van der Waals surface area (Å²) in [6.07, 6.45) is 3.33. The van der Waals surface area contributed by atoms with Crippen LogP contribution in [0.1, 0.15) is 44.1 Å². The molecule has 0 saturated carbocycles. The van der Waals surface area contributed by atoms with Crippen molar-refractivity contribution in [3.8, 4) is 17.2 Å². The van der Waals surface area contributed by atoms with Crippen LogP contribution in [0.25, 0.3) is 11.4 Å². The second kappa shape index (κ2) is 11.7. The number of phenols is 1. The Balaban J connectivity index is 1.84. The minimum atomic E-state index is -4.22. The Bertz CT molecular complexity index is 1630. The number of aromatic hydroxyl groups is 1. The second-order valence-electron chi connectivity index (χ2n) is 9.00. The maximum atomic E-state index is 13.8. The van der Waals surface area contributed by atoms with Gasteiger partial charge in [-0.25, -0.2) is 23.4 Å². The first-order valence-electron chi connectivity index (χ1n) is 12.2. The summed E-state index contributed by atoms with van der Waals surface area (Å²) in [5.41, 5.74) is 6.61. The Kier molecular flexibility index (Phi) is 8.36. The molecule has 0 amide bonds. The molecule has 1 aliphatic rings. The lowest BCUT2D eigenvalue weighted by Crippen LogP contribution is -2.35. The molecule has 2 aromatic heterocycles. The van der Waals surface area contributed by atoms with Crippen LogP contribution < -0.4 is 9.46 Å². The number of hydrogen-bond acceptors (Lipinski definition) is 11. The summed E-state index contributed by atoms with van der Waals surface area (Å²) in [4.78, 5) is 12.9. The van der Waals surface area contributed by atoms with Gasteiger partial charge in [0.15, 0.2) is 17.3 Å². The highest BCUT2D eigenvalue weighted by Crippen LogP contribution is 2.37. The van der Waals surface area contributed by atoms with Crippen LogP contribution in [0.3, 0.4) is 0 Å². The van der Waals surface area contributed by atoms with Crippen molar-refractivity contribution in [2.45, 2.75) is 45.2 Å². The lowest BCUT2D eigenvalue weighted by atomic mass is 10.2. The number of ether oxygens (including phenoxy) is 3. The number of hydrogen-bond donors (Lipinski definition) is 2. The molecule has 0 bridgehead atoms. The third kappa shape index (κ3) is 5.90. The van der Waals surface area contributed by atoms with Gasteiger partial charge in [-0.05, 0) is 51.1 Å². The van der Waals surface area contributed by atoms with Crippen LogP contribution in [0.2, 0.25) is 0 Å². The van der Waals surface area contributed by atoms with Crippen LogP contribution in [-0.2, 0) is 19.5 Å². The third-order valence-electron chi connectivity index (χ3n) is 5.74. The number of benzene rings is 1. The predicted octanol–water partition coefficient (Wildman–Crippen LogP) is 3.09. The zero-order valence-electron chi connectivity index (χ0n) is 22.8. The Labute approximate surface area is 231 Å². The topological polar surface area (TPSA) is 163 Å². The molecule has 2 N–H and O–H groups in total. The molecule has 0 fully saturated rings. The number of sulfonamides is 1. The number of nitrogens with zero attached hydrogens (tertiary/aromatic N) is 6. The van der Waals surface area contributed by atoms with Crippen molar-refractivity contribution in [1.82, 2.24) is 24.7 Å². The molecule has 1 aliphatic heterocycles. The van der Waals surface area contributed by atoms with E-state index in [0.717, 1.165) is 5.56 Å². The van der Waals surface area contributed by atoms with E-state index in [2.05, 4.69) is 41.3 Å². The van der Waals surface area contributed by atoms with Crippen molar-refractivity contribution in [3.05, 3.63) is 65.3 Å². The number of aryl methyl sites for hydroxylation is 1. The normalized spacial score (nSPS) is 14.5. The molecule has 4 rings (SSSR count). The van der Waals surface area contributed by atoms with Crippen molar-refractivity contribution in [3.63, 3.8) is 0 Å². The Morgan fingerprint density at radius 2 is 1.80 bits per heavy atom. The fourth-order valence-corrected chi connectivity index (χ4v) is 4.85. The minimum Gasteiger partial charge on any atom is -0.506 e. The summed E-state index contributed by atoms with van der Waals surface area (Å²) >= 11 is 0. The summed E-state index contributed by atoms with van der Waals surface area (Å²) in [6.45, 7) is 6.88. The number of nitrogens with one attached hydrogen (secondary N) is 1. The van der Waals surface area contributed by atoms with Gasteiger partial charge in [-0.2, -0.15) is 0 Å². The van der Waals surface area contributed by atoms with Gasteiger partial charge in [0.25, 0.3) is 0 Å². The zero-order valence-corrected chi connectivity index (χ0v) is 23.6. The average Bonchev–Trinajstić information content (AvgIpc) is 3.33. The molecule has 0 spiro atoms. The van der Waals surface area contributed by atoms with E-state index in [-0.39, 0.29) is 52.5 Å². The molecule has 0 radical (unpaired) electrons. The van der Waals surface area contributed by atoms with Gasteiger partial charge >= 0.3 is 0 Å². The molecule has 0 aliphatic carbocycles. The van der Waals surface area contributed by atoms with Gasteiger partial charge in [0.2, 0.25) is 21.9 Å². The first-order chi connectivity index (χ1) is 19.1. The number of rotatable bonds is 10. The van der Waals surface area contributed by atoms with Crippen molar-refractivity contribution < 1.29 is 27.7 Å². The summed E-state index contributed by atoms with van der Waals surface area (Å²) in [7, 11) is -1.38. The SMILES string of the molecule is COC1=NC(c2nnc(NS(=O)(=O)[C@H](C)[C@@H](OC(C)C)c3ncc(C)cn3)n2-c2c(O)cccc2OC)=C=C=C1. The van der Waals surface area contributed by atoms with Crippen molar-refractivity contribution in [2.75, 3.05) is 18.9 Å². The molecule has 1 aromatic carbocycles. The smallest absolute Gasteiger partial charge is 0.243 e. The largest absolute Gasteiger partial charge is 0.506 e. The van der Waals surface area contributed by atoms with E-state index in [9.17, 15) is 13.5 Å². The van der Waals surface area contributed by atoms with Crippen molar-refractivity contribution in [1.29, 1.82) is 0 Å². The maximum absolute atomic E-state index is 13.8. The molecule has 3 aromatic rings. The molecule has 0 saturated heterocycles. The number of para-hydroxylation sites is 1. The minimum absolute atomic E-state index is 0.0390. The zero-order chi connectivity index (χ0) is 29.0. The molecule has 0 unspecified atom stereocenters. The highest BCUT2D eigenvalue weighted by atomic mass is 32.2. The fourth-order valence-electron chi connectivity index (χ4n) is 3.77. The lowest BCUT2D eigenvalue weighted by Gasteiger charge is -2.25. The first kappa shape index (κ1) is 28.5. The van der Waals surface area contributed by atoms with E-state index < -0.39 is 21.4 Å². The van der Waals surface area contributed by atoms with E-state index in [4.69, 9.17) is 14.2 Å². The molecule has 2 atom stereocenters. The van der Waals surface area contributed by atoms with E-state index in [0.29, 0.717) is 0 Å². The number of aromatic nitrogens is 5. The molecule has 40 heavy (non-hydrogen) atoms. The van der Waals surface area contributed by atoms with Crippen LogP contribution in [0.5, 0.6) is 11.5 Å². The van der Waals surface area contributed by atoms with Crippen LogP contribution in [0.15, 0.2) is 53.1 Å². The highest BCUT2D eigenvalue weighted by molar-refractivity contribution is 7.93. The third-order valence-corrected chi connectivity index (χ3v) is 7.43. The summed E-state index contributed by atoms with van der Waals surface area (Å²) < 4.78 is 47.9. The fraction of sp³-hybridized carbons (Fsp3) is 0.346. The van der Waals surface area contributed by atoms with Crippen LogP contribution in [0.4, 0.5) is 5.95 Å².